The summed E-state index contributed by atoms with van der Waals surface area (Å²) in [5.74, 6) is 0. The lowest BCUT2D eigenvalue weighted by Gasteiger charge is -2.13. The Morgan fingerprint density at radius 1 is 1.29 bits per heavy atom. The van der Waals surface area contributed by atoms with Crippen molar-refractivity contribution < 1.29 is 13.5 Å². The van der Waals surface area contributed by atoms with Gasteiger partial charge in [-0.2, -0.15) is 0 Å². The van der Waals surface area contributed by atoms with Crippen molar-refractivity contribution in [1.82, 2.24) is 0 Å². The van der Waals surface area contributed by atoms with Gasteiger partial charge in [-0.15, -0.1) is 11.6 Å². The molecule has 0 bridgehead atoms. The fourth-order valence-electron chi connectivity index (χ4n) is 1.61. The largest absolute Gasteiger partial charge is 0.375 e. The molecule has 1 aromatic rings. The predicted octanol–water partition coefficient (Wildman–Crippen LogP) is 4.26. The second-order valence-corrected chi connectivity index (χ2v) is 4.61. The van der Waals surface area contributed by atoms with Gasteiger partial charge in [0.05, 0.1) is 5.38 Å². The monoisotopic (exact) mass is 262 g/mol. The number of ether oxygens (including phenoxy) is 1. The van der Waals surface area contributed by atoms with Crippen LogP contribution in [0, 0.1) is 13.8 Å². The Balaban J connectivity index is 2.46. The normalized spacial score (nSPS) is 13.1. The average molecular weight is 263 g/mol. The molecule has 0 saturated heterocycles. The summed E-state index contributed by atoms with van der Waals surface area (Å²) in [7, 11) is 0. The number of aryl methyl sites for hydroxylation is 2. The van der Waals surface area contributed by atoms with Crippen LogP contribution in [0.5, 0.6) is 0 Å². The Morgan fingerprint density at radius 2 is 2.00 bits per heavy atom. The summed E-state index contributed by atoms with van der Waals surface area (Å²) >= 11 is 6.23. The number of rotatable bonds is 6. The van der Waals surface area contributed by atoms with Crippen molar-refractivity contribution in [2.45, 2.75) is 32.1 Å². The Hall–Kier alpha value is -0.670. The Labute approximate surface area is 106 Å². The third-order valence-corrected chi connectivity index (χ3v) is 2.98. The molecule has 4 heteroatoms. The molecule has 0 aliphatic rings. The van der Waals surface area contributed by atoms with Crippen molar-refractivity contribution in [2.75, 3.05) is 13.2 Å². The van der Waals surface area contributed by atoms with E-state index in [1.807, 2.05) is 32.0 Å². The molecular formula is C13H17ClF2O. The molecule has 0 radical (unpaired) electrons. The van der Waals surface area contributed by atoms with Crippen molar-refractivity contribution in [3.8, 4) is 0 Å². The van der Waals surface area contributed by atoms with Gasteiger partial charge in [0.25, 0.3) is 6.43 Å². The molecular weight excluding hydrogens is 246 g/mol. The van der Waals surface area contributed by atoms with E-state index in [1.54, 1.807) is 0 Å². The predicted molar refractivity (Wildman–Crippen MR) is 66.0 cm³/mol. The maximum atomic E-state index is 11.8. The summed E-state index contributed by atoms with van der Waals surface area (Å²) in [4.78, 5) is 0. The third kappa shape index (κ3) is 5.00. The number of halogens is 3. The first-order valence-corrected chi connectivity index (χ1v) is 6.01. The van der Waals surface area contributed by atoms with Crippen molar-refractivity contribution in [3.05, 3.63) is 34.9 Å². The van der Waals surface area contributed by atoms with E-state index in [9.17, 15) is 8.78 Å². The standard InChI is InChI=1S/C13H17ClF2O/c1-9-3-4-10(2)11(7-9)12(14)5-6-17-8-13(15)16/h3-4,7,12-13H,5-6,8H2,1-2H3. The minimum Gasteiger partial charge on any atom is -0.375 e. The highest BCUT2D eigenvalue weighted by molar-refractivity contribution is 6.20. The van der Waals surface area contributed by atoms with Gasteiger partial charge in [-0.3, -0.25) is 0 Å². The molecule has 0 aliphatic heterocycles. The molecule has 17 heavy (non-hydrogen) atoms. The zero-order valence-electron chi connectivity index (χ0n) is 10.1. The number of benzene rings is 1. The first kappa shape index (κ1) is 14.4. The second-order valence-electron chi connectivity index (χ2n) is 4.08. The molecule has 0 heterocycles. The lowest BCUT2D eigenvalue weighted by Crippen LogP contribution is -2.07. The molecule has 0 fully saturated rings. The topological polar surface area (TPSA) is 9.23 Å². The van der Waals surface area contributed by atoms with Crippen LogP contribution in [0.4, 0.5) is 8.78 Å². The maximum absolute atomic E-state index is 11.8. The highest BCUT2D eigenvalue weighted by atomic mass is 35.5. The van der Waals surface area contributed by atoms with Gasteiger partial charge in [0.2, 0.25) is 0 Å². The smallest absolute Gasteiger partial charge is 0.261 e. The van der Waals surface area contributed by atoms with Crippen LogP contribution in [0.2, 0.25) is 0 Å². The van der Waals surface area contributed by atoms with Crippen LogP contribution < -0.4 is 0 Å². The van der Waals surface area contributed by atoms with Gasteiger partial charge < -0.3 is 4.74 Å². The molecule has 0 spiro atoms. The molecule has 1 rings (SSSR count). The van der Waals surface area contributed by atoms with Crippen molar-refractivity contribution in [2.24, 2.45) is 0 Å². The summed E-state index contributed by atoms with van der Waals surface area (Å²) < 4.78 is 28.5. The molecule has 96 valence electrons. The van der Waals surface area contributed by atoms with E-state index in [0.29, 0.717) is 6.42 Å². The molecule has 1 atom stereocenters. The van der Waals surface area contributed by atoms with Gasteiger partial charge in [0.1, 0.15) is 6.61 Å². The zero-order chi connectivity index (χ0) is 12.8. The van der Waals surface area contributed by atoms with Crippen LogP contribution in [-0.2, 0) is 4.74 Å². The fourth-order valence-corrected chi connectivity index (χ4v) is 1.94. The van der Waals surface area contributed by atoms with Crippen LogP contribution in [0.15, 0.2) is 18.2 Å². The number of alkyl halides is 3. The van der Waals surface area contributed by atoms with Crippen LogP contribution in [-0.4, -0.2) is 19.6 Å². The third-order valence-electron chi connectivity index (χ3n) is 2.53. The first-order chi connectivity index (χ1) is 8.00. The molecule has 0 N–H and O–H groups in total. The second kappa shape index (κ2) is 6.92. The first-order valence-electron chi connectivity index (χ1n) is 5.58. The molecule has 1 aromatic carbocycles. The van der Waals surface area contributed by atoms with Crippen LogP contribution >= 0.6 is 11.6 Å². The van der Waals surface area contributed by atoms with Gasteiger partial charge >= 0.3 is 0 Å². The van der Waals surface area contributed by atoms with E-state index >= 15 is 0 Å². The van der Waals surface area contributed by atoms with E-state index in [4.69, 9.17) is 16.3 Å². The molecule has 0 aromatic heterocycles. The average Bonchev–Trinajstić information content (AvgIpc) is 2.27. The van der Waals surface area contributed by atoms with Gasteiger partial charge in [-0.1, -0.05) is 23.8 Å². The fraction of sp³-hybridized carbons (Fsp3) is 0.538. The lowest BCUT2D eigenvalue weighted by molar-refractivity contribution is 0.0165. The van der Waals surface area contributed by atoms with E-state index in [2.05, 4.69) is 0 Å². The van der Waals surface area contributed by atoms with E-state index < -0.39 is 13.0 Å². The zero-order valence-corrected chi connectivity index (χ0v) is 10.8. The number of hydrogen-bond donors (Lipinski definition) is 0. The van der Waals surface area contributed by atoms with Crippen LogP contribution in [0.1, 0.15) is 28.5 Å². The van der Waals surface area contributed by atoms with E-state index in [1.165, 1.54) is 0 Å². The van der Waals surface area contributed by atoms with Gasteiger partial charge in [-0.25, -0.2) is 8.78 Å². The number of hydrogen-bond acceptors (Lipinski definition) is 1. The van der Waals surface area contributed by atoms with E-state index in [-0.39, 0.29) is 12.0 Å². The minimum atomic E-state index is -2.41. The highest BCUT2D eigenvalue weighted by Crippen LogP contribution is 2.27. The Morgan fingerprint density at radius 3 is 2.65 bits per heavy atom. The minimum absolute atomic E-state index is 0.187. The van der Waals surface area contributed by atoms with Gasteiger partial charge in [-0.05, 0) is 31.4 Å². The quantitative estimate of drug-likeness (QED) is 0.550. The Kier molecular flexibility index (Phi) is 5.86. The summed E-state index contributed by atoms with van der Waals surface area (Å²) in [6.45, 7) is 3.73. The van der Waals surface area contributed by atoms with Crippen LogP contribution in [0.3, 0.4) is 0 Å². The van der Waals surface area contributed by atoms with Crippen molar-refractivity contribution in [3.63, 3.8) is 0 Å². The van der Waals surface area contributed by atoms with E-state index in [0.717, 1.165) is 16.7 Å². The lowest BCUT2D eigenvalue weighted by atomic mass is 10.0. The molecule has 1 nitrogen and oxygen atoms in total. The summed E-state index contributed by atoms with van der Waals surface area (Å²) in [6.07, 6.45) is -1.87. The molecule has 1 unspecified atom stereocenters. The maximum Gasteiger partial charge on any atom is 0.261 e. The highest BCUT2D eigenvalue weighted by Gasteiger charge is 2.11. The molecule has 0 amide bonds. The Bertz CT molecular complexity index is 355. The van der Waals surface area contributed by atoms with Crippen molar-refractivity contribution in [1.29, 1.82) is 0 Å². The molecule has 0 aliphatic carbocycles. The van der Waals surface area contributed by atoms with Crippen molar-refractivity contribution >= 4 is 11.6 Å². The summed E-state index contributed by atoms with van der Waals surface area (Å²) in [6, 6.07) is 6.07. The van der Waals surface area contributed by atoms with Gasteiger partial charge in [0, 0.05) is 6.61 Å². The summed E-state index contributed by atoms with van der Waals surface area (Å²) in [5.41, 5.74) is 3.31. The van der Waals surface area contributed by atoms with Gasteiger partial charge in [0.15, 0.2) is 0 Å². The SMILES string of the molecule is Cc1ccc(C)c(C(Cl)CCOCC(F)F)c1. The van der Waals surface area contributed by atoms with Crippen LogP contribution in [0.25, 0.3) is 0 Å². The molecule has 0 saturated carbocycles. The summed E-state index contributed by atoms with van der Waals surface area (Å²) in [5, 5.41) is -0.187.